The first-order valence-electron chi connectivity index (χ1n) is 10.2. The molecule has 30 heavy (non-hydrogen) atoms. The minimum atomic E-state index is -0.0670. The number of hydrogen-bond donors (Lipinski definition) is 1. The zero-order chi connectivity index (χ0) is 21.5. The number of rotatable bonds is 7. The van der Waals surface area contributed by atoms with Crippen LogP contribution in [0.3, 0.4) is 0 Å². The van der Waals surface area contributed by atoms with Crippen molar-refractivity contribution >= 4 is 17.5 Å². The van der Waals surface area contributed by atoms with E-state index in [1.165, 1.54) is 0 Å². The lowest BCUT2D eigenvalue weighted by Gasteiger charge is -2.24. The predicted octanol–water partition coefficient (Wildman–Crippen LogP) is 4.91. The van der Waals surface area contributed by atoms with Crippen LogP contribution in [-0.2, 0) is 17.8 Å². The number of nitrogens with zero attached hydrogens (tertiary/aromatic N) is 1. The third-order valence-corrected chi connectivity index (χ3v) is 4.76. The number of anilines is 1. The molecule has 0 atom stereocenters. The van der Waals surface area contributed by atoms with Crippen LogP contribution in [0.5, 0.6) is 0 Å². The lowest BCUT2D eigenvalue weighted by molar-refractivity contribution is -0.120. The van der Waals surface area contributed by atoms with E-state index in [1.807, 2.05) is 99.6 Å². The van der Waals surface area contributed by atoms with Gasteiger partial charge < -0.3 is 10.2 Å². The van der Waals surface area contributed by atoms with E-state index >= 15 is 0 Å². The van der Waals surface area contributed by atoms with E-state index in [1.54, 1.807) is 4.90 Å². The van der Waals surface area contributed by atoms with Gasteiger partial charge in [-0.3, -0.25) is 9.59 Å². The van der Waals surface area contributed by atoms with Gasteiger partial charge in [0, 0.05) is 17.3 Å². The third-order valence-electron chi connectivity index (χ3n) is 4.76. The van der Waals surface area contributed by atoms with E-state index in [0.29, 0.717) is 12.1 Å². The van der Waals surface area contributed by atoms with Crippen LogP contribution >= 0.6 is 0 Å². The second-order valence-corrected chi connectivity index (χ2v) is 7.81. The van der Waals surface area contributed by atoms with Crippen molar-refractivity contribution in [2.75, 3.05) is 4.90 Å². The molecule has 1 N–H and O–H groups in total. The molecule has 0 saturated carbocycles. The van der Waals surface area contributed by atoms with Gasteiger partial charge >= 0.3 is 0 Å². The molecule has 4 heteroatoms. The maximum absolute atomic E-state index is 13.4. The van der Waals surface area contributed by atoms with Gasteiger partial charge in [-0.1, -0.05) is 60.2 Å². The number of nitrogens with one attached hydrogen (secondary N) is 1. The zero-order valence-electron chi connectivity index (χ0n) is 17.8. The summed E-state index contributed by atoms with van der Waals surface area (Å²) in [7, 11) is 0. The van der Waals surface area contributed by atoms with Crippen molar-refractivity contribution < 1.29 is 9.59 Å². The molecule has 3 aromatic rings. The van der Waals surface area contributed by atoms with Gasteiger partial charge in [-0.05, 0) is 56.2 Å². The quantitative estimate of drug-likeness (QED) is 0.613. The molecule has 0 bridgehead atoms. The summed E-state index contributed by atoms with van der Waals surface area (Å²) in [5, 5.41) is 2.91. The van der Waals surface area contributed by atoms with Gasteiger partial charge in [0.05, 0.1) is 13.0 Å². The van der Waals surface area contributed by atoms with E-state index in [4.69, 9.17) is 0 Å². The minimum absolute atomic E-state index is 0.0263. The summed E-state index contributed by atoms with van der Waals surface area (Å²) in [4.78, 5) is 27.3. The highest BCUT2D eigenvalue weighted by Gasteiger charge is 2.19. The van der Waals surface area contributed by atoms with Crippen LogP contribution in [0.4, 0.5) is 5.69 Å². The summed E-state index contributed by atoms with van der Waals surface area (Å²) >= 11 is 0. The minimum Gasteiger partial charge on any atom is -0.354 e. The fraction of sp³-hybridized carbons (Fsp3) is 0.231. The van der Waals surface area contributed by atoms with Crippen LogP contribution in [0.25, 0.3) is 0 Å². The van der Waals surface area contributed by atoms with Crippen LogP contribution in [0.15, 0.2) is 78.9 Å². The molecule has 3 aromatic carbocycles. The molecule has 0 aliphatic carbocycles. The largest absolute Gasteiger partial charge is 0.354 e. The Morgan fingerprint density at radius 3 is 2.20 bits per heavy atom. The third kappa shape index (κ3) is 5.80. The Bertz CT molecular complexity index is 995. The molecule has 2 amide bonds. The van der Waals surface area contributed by atoms with Crippen molar-refractivity contribution in [3.05, 3.63) is 101 Å². The average molecular weight is 401 g/mol. The van der Waals surface area contributed by atoms with Crippen molar-refractivity contribution in [3.63, 3.8) is 0 Å². The summed E-state index contributed by atoms with van der Waals surface area (Å²) in [6.07, 6.45) is 0.282. The Morgan fingerprint density at radius 1 is 0.867 bits per heavy atom. The van der Waals surface area contributed by atoms with Crippen LogP contribution < -0.4 is 10.2 Å². The summed E-state index contributed by atoms with van der Waals surface area (Å²) in [6, 6.07) is 25.3. The first-order chi connectivity index (χ1) is 14.4. The molecule has 0 aromatic heterocycles. The van der Waals surface area contributed by atoms with Crippen LogP contribution in [0.2, 0.25) is 0 Å². The standard InChI is InChI=1S/C26H28N2O2/c1-19(2)27-25(29)17-22-10-7-11-24(16-22)28(18-21-8-5-4-6-9-21)26(30)23-14-12-20(3)13-15-23/h4-16,19H,17-18H2,1-3H3,(H,27,29). The Hall–Kier alpha value is -3.40. The molecule has 0 fully saturated rings. The fourth-order valence-corrected chi connectivity index (χ4v) is 3.29. The molecule has 0 unspecified atom stereocenters. The summed E-state index contributed by atoms with van der Waals surface area (Å²) in [5.41, 5.74) is 4.44. The molecule has 0 saturated heterocycles. The Balaban J connectivity index is 1.91. The highest BCUT2D eigenvalue weighted by atomic mass is 16.2. The second kappa shape index (κ2) is 9.88. The molecule has 0 heterocycles. The van der Waals surface area contributed by atoms with Gasteiger partial charge in [-0.25, -0.2) is 0 Å². The number of amides is 2. The second-order valence-electron chi connectivity index (χ2n) is 7.81. The SMILES string of the molecule is Cc1ccc(C(=O)N(Cc2ccccc2)c2cccc(CC(=O)NC(C)C)c2)cc1. The maximum atomic E-state index is 13.4. The molecule has 0 aliphatic heterocycles. The highest BCUT2D eigenvalue weighted by Crippen LogP contribution is 2.22. The molecule has 0 radical (unpaired) electrons. The molecule has 0 spiro atoms. The Morgan fingerprint density at radius 2 is 1.53 bits per heavy atom. The molecule has 154 valence electrons. The lowest BCUT2D eigenvalue weighted by atomic mass is 10.1. The number of aryl methyl sites for hydroxylation is 1. The van der Waals surface area contributed by atoms with Gasteiger partial charge in [0.25, 0.3) is 5.91 Å². The van der Waals surface area contributed by atoms with E-state index in [9.17, 15) is 9.59 Å². The first kappa shape index (κ1) is 21.3. The van der Waals surface area contributed by atoms with Gasteiger partial charge in [-0.2, -0.15) is 0 Å². The van der Waals surface area contributed by atoms with Gasteiger partial charge in [0.15, 0.2) is 0 Å². The number of carbonyl (C=O) groups excluding carboxylic acids is 2. The van der Waals surface area contributed by atoms with E-state index in [-0.39, 0.29) is 24.3 Å². The van der Waals surface area contributed by atoms with Crippen LogP contribution in [0.1, 0.15) is 40.9 Å². The van der Waals surface area contributed by atoms with Gasteiger partial charge in [0.1, 0.15) is 0 Å². The van der Waals surface area contributed by atoms with Crippen molar-refractivity contribution in [3.8, 4) is 0 Å². The van der Waals surface area contributed by atoms with Gasteiger partial charge in [-0.15, -0.1) is 0 Å². The molecule has 0 aliphatic rings. The van der Waals surface area contributed by atoms with Crippen molar-refractivity contribution in [1.29, 1.82) is 0 Å². The smallest absolute Gasteiger partial charge is 0.258 e. The predicted molar refractivity (Wildman–Crippen MR) is 122 cm³/mol. The highest BCUT2D eigenvalue weighted by molar-refractivity contribution is 6.06. The monoisotopic (exact) mass is 400 g/mol. The lowest BCUT2D eigenvalue weighted by Crippen LogP contribution is -2.32. The molecule has 4 nitrogen and oxygen atoms in total. The Kier molecular flexibility index (Phi) is 7.02. The Labute approximate surface area is 178 Å². The number of benzene rings is 3. The van der Waals surface area contributed by atoms with E-state index < -0.39 is 0 Å². The normalized spacial score (nSPS) is 10.7. The first-order valence-corrected chi connectivity index (χ1v) is 10.2. The number of hydrogen-bond acceptors (Lipinski definition) is 2. The van der Waals surface area contributed by atoms with Crippen LogP contribution in [-0.4, -0.2) is 17.9 Å². The maximum Gasteiger partial charge on any atom is 0.258 e. The van der Waals surface area contributed by atoms with Crippen molar-refractivity contribution in [2.24, 2.45) is 0 Å². The van der Waals surface area contributed by atoms with Crippen molar-refractivity contribution in [2.45, 2.75) is 39.8 Å². The van der Waals surface area contributed by atoms with E-state index in [2.05, 4.69) is 5.32 Å². The summed E-state index contributed by atoms with van der Waals surface area (Å²) in [6.45, 7) is 6.34. The summed E-state index contributed by atoms with van der Waals surface area (Å²) in [5.74, 6) is -0.0933. The molecular weight excluding hydrogens is 372 g/mol. The average Bonchev–Trinajstić information content (AvgIpc) is 2.72. The van der Waals surface area contributed by atoms with Crippen molar-refractivity contribution in [1.82, 2.24) is 5.32 Å². The zero-order valence-corrected chi connectivity index (χ0v) is 17.8. The molecular formula is C26H28N2O2. The van der Waals surface area contributed by atoms with Gasteiger partial charge in [0.2, 0.25) is 5.91 Å². The fourth-order valence-electron chi connectivity index (χ4n) is 3.29. The molecule has 3 rings (SSSR count). The van der Waals surface area contributed by atoms with E-state index in [0.717, 1.165) is 22.4 Å². The topological polar surface area (TPSA) is 49.4 Å². The number of carbonyl (C=O) groups is 2. The van der Waals surface area contributed by atoms with Crippen LogP contribution in [0, 0.1) is 6.92 Å². The summed E-state index contributed by atoms with van der Waals surface area (Å²) < 4.78 is 0.